The second-order valence-electron chi connectivity index (χ2n) is 9.19. The van der Waals surface area contributed by atoms with E-state index in [4.69, 9.17) is 9.15 Å². The number of aryl methyl sites for hydroxylation is 1. The summed E-state index contributed by atoms with van der Waals surface area (Å²) < 4.78 is 11.7. The summed E-state index contributed by atoms with van der Waals surface area (Å²) in [7, 11) is 0. The SMILES string of the molecule is Cc1nnc(-c2ccc(O[C@H]3CC[C@H](C(=O)N4CCN(C5CCC5)CC4)CC3)cc2)o1. The zero-order chi connectivity index (χ0) is 21.2. The van der Waals surface area contributed by atoms with Crippen molar-refractivity contribution >= 4 is 5.91 Å². The van der Waals surface area contributed by atoms with E-state index < -0.39 is 0 Å². The van der Waals surface area contributed by atoms with Gasteiger partial charge in [0, 0.05) is 50.6 Å². The molecule has 5 rings (SSSR count). The van der Waals surface area contributed by atoms with Crippen LogP contribution in [0.25, 0.3) is 11.5 Å². The molecular formula is C24H32N4O3. The number of carbonyl (C=O) groups is 1. The number of amides is 1. The van der Waals surface area contributed by atoms with Crippen LogP contribution in [0.2, 0.25) is 0 Å². The van der Waals surface area contributed by atoms with Crippen LogP contribution in [0.1, 0.15) is 50.8 Å². The Balaban J connectivity index is 1.08. The number of nitrogens with zero attached hydrogens (tertiary/aromatic N) is 4. The van der Waals surface area contributed by atoms with Gasteiger partial charge in [0.25, 0.3) is 0 Å². The van der Waals surface area contributed by atoms with E-state index in [0.717, 1.165) is 69.2 Å². The van der Waals surface area contributed by atoms with Gasteiger partial charge in [0.05, 0.1) is 6.10 Å². The first-order valence-electron chi connectivity index (χ1n) is 11.8. The molecule has 0 radical (unpaired) electrons. The fourth-order valence-corrected chi connectivity index (χ4v) is 5.03. The standard InChI is InChI=1S/C24H32N4O3/c1-17-25-26-23(30-17)18-5-9-21(10-6-18)31-22-11-7-19(8-12-22)24(29)28-15-13-27(14-16-28)20-3-2-4-20/h5-6,9-10,19-20,22H,2-4,7-8,11-16H2,1H3/t19-,22-. The van der Waals surface area contributed by atoms with Crippen molar-refractivity contribution in [3.63, 3.8) is 0 Å². The Kier molecular flexibility index (Phi) is 5.94. The van der Waals surface area contributed by atoms with Crippen molar-refractivity contribution in [2.45, 2.75) is 64.0 Å². The molecule has 2 aliphatic carbocycles. The molecule has 1 aliphatic heterocycles. The van der Waals surface area contributed by atoms with Crippen LogP contribution in [0.3, 0.4) is 0 Å². The highest BCUT2D eigenvalue weighted by Crippen LogP contribution is 2.31. The second-order valence-corrected chi connectivity index (χ2v) is 9.19. The summed E-state index contributed by atoms with van der Waals surface area (Å²) in [5.41, 5.74) is 0.889. The Hall–Kier alpha value is -2.41. The van der Waals surface area contributed by atoms with Crippen LogP contribution in [0.4, 0.5) is 0 Å². The molecule has 0 atom stereocenters. The van der Waals surface area contributed by atoms with Crippen molar-refractivity contribution in [3.8, 4) is 17.2 Å². The third-order valence-corrected chi connectivity index (χ3v) is 7.17. The molecule has 166 valence electrons. The van der Waals surface area contributed by atoms with Crippen molar-refractivity contribution < 1.29 is 13.9 Å². The molecule has 1 aromatic carbocycles. The highest BCUT2D eigenvalue weighted by molar-refractivity contribution is 5.79. The largest absolute Gasteiger partial charge is 0.490 e. The van der Waals surface area contributed by atoms with Gasteiger partial charge in [0.1, 0.15) is 5.75 Å². The van der Waals surface area contributed by atoms with E-state index in [2.05, 4.69) is 20.0 Å². The average Bonchev–Trinajstić information content (AvgIpc) is 3.20. The number of ether oxygens (including phenoxy) is 1. The van der Waals surface area contributed by atoms with Gasteiger partial charge in [-0.3, -0.25) is 9.69 Å². The van der Waals surface area contributed by atoms with Gasteiger partial charge in [0.15, 0.2) is 0 Å². The molecule has 3 fully saturated rings. The van der Waals surface area contributed by atoms with E-state index in [9.17, 15) is 4.79 Å². The number of piperazine rings is 1. The number of benzene rings is 1. The molecule has 0 unspecified atom stereocenters. The molecule has 1 aromatic heterocycles. The summed E-state index contributed by atoms with van der Waals surface area (Å²) in [6, 6.07) is 8.58. The maximum atomic E-state index is 13.0. The van der Waals surface area contributed by atoms with Crippen LogP contribution in [0, 0.1) is 12.8 Å². The zero-order valence-corrected chi connectivity index (χ0v) is 18.3. The topological polar surface area (TPSA) is 71.7 Å². The number of rotatable bonds is 5. The molecule has 3 aliphatic rings. The van der Waals surface area contributed by atoms with Crippen molar-refractivity contribution in [2.24, 2.45) is 5.92 Å². The predicted octanol–water partition coefficient (Wildman–Crippen LogP) is 3.68. The van der Waals surface area contributed by atoms with Crippen LogP contribution >= 0.6 is 0 Å². The van der Waals surface area contributed by atoms with Crippen molar-refractivity contribution in [3.05, 3.63) is 30.2 Å². The first-order chi connectivity index (χ1) is 15.2. The van der Waals surface area contributed by atoms with Gasteiger partial charge >= 0.3 is 0 Å². The summed E-state index contributed by atoms with van der Waals surface area (Å²) in [4.78, 5) is 17.7. The summed E-state index contributed by atoms with van der Waals surface area (Å²) in [6.45, 7) is 5.68. The third kappa shape index (κ3) is 4.61. The van der Waals surface area contributed by atoms with Crippen molar-refractivity contribution in [2.75, 3.05) is 26.2 Å². The first kappa shape index (κ1) is 20.5. The number of carbonyl (C=O) groups excluding carboxylic acids is 1. The minimum absolute atomic E-state index is 0.165. The Morgan fingerprint density at radius 3 is 2.26 bits per heavy atom. The summed E-state index contributed by atoms with van der Waals surface area (Å²) in [5, 5.41) is 7.92. The molecular weight excluding hydrogens is 392 g/mol. The lowest BCUT2D eigenvalue weighted by atomic mass is 9.86. The molecule has 7 nitrogen and oxygen atoms in total. The Labute approximate surface area is 183 Å². The minimum atomic E-state index is 0.165. The van der Waals surface area contributed by atoms with Crippen molar-refractivity contribution in [1.82, 2.24) is 20.0 Å². The van der Waals surface area contributed by atoms with Gasteiger partial charge in [-0.2, -0.15) is 0 Å². The average molecular weight is 425 g/mol. The number of hydrogen-bond donors (Lipinski definition) is 0. The minimum Gasteiger partial charge on any atom is -0.490 e. The summed E-state index contributed by atoms with van der Waals surface area (Å²) in [5.74, 6) is 2.46. The lowest BCUT2D eigenvalue weighted by molar-refractivity contribution is -0.139. The normalized spacial score (nSPS) is 25.3. The van der Waals surface area contributed by atoms with E-state index in [1.54, 1.807) is 6.92 Å². The van der Waals surface area contributed by atoms with Crippen LogP contribution in [0.5, 0.6) is 5.75 Å². The smallest absolute Gasteiger partial charge is 0.247 e. The van der Waals surface area contributed by atoms with E-state index in [1.165, 1.54) is 19.3 Å². The quantitative estimate of drug-likeness (QED) is 0.729. The highest BCUT2D eigenvalue weighted by atomic mass is 16.5. The fourth-order valence-electron chi connectivity index (χ4n) is 5.03. The van der Waals surface area contributed by atoms with Crippen molar-refractivity contribution in [1.29, 1.82) is 0 Å². The Bertz CT molecular complexity index is 876. The monoisotopic (exact) mass is 424 g/mol. The van der Waals surface area contributed by atoms with E-state index in [-0.39, 0.29) is 12.0 Å². The molecule has 2 saturated carbocycles. The second kappa shape index (κ2) is 8.99. The molecule has 2 aromatic rings. The Morgan fingerprint density at radius 2 is 1.68 bits per heavy atom. The lowest BCUT2D eigenvalue weighted by Crippen LogP contribution is -2.54. The first-order valence-corrected chi connectivity index (χ1v) is 11.8. The highest BCUT2D eigenvalue weighted by Gasteiger charge is 2.33. The van der Waals surface area contributed by atoms with E-state index >= 15 is 0 Å². The molecule has 1 amide bonds. The summed E-state index contributed by atoms with van der Waals surface area (Å²) >= 11 is 0. The van der Waals surface area contributed by atoms with Gasteiger partial charge < -0.3 is 14.1 Å². The maximum Gasteiger partial charge on any atom is 0.247 e. The number of aromatic nitrogens is 2. The lowest BCUT2D eigenvalue weighted by Gasteiger charge is -2.43. The molecule has 7 heteroatoms. The van der Waals surface area contributed by atoms with E-state index in [0.29, 0.717) is 17.7 Å². The van der Waals surface area contributed by atoms with Gasteiger partial charge in [-0.25, -0.2) is 0 Å². The Morgan fingerprint density at radius 1 is 0.968 bits per heavy atom. The molecule has 0 N–H and O–H groups in total. The molecule has 0 bridgehead atoms. The van der Waals surface area contributed by atoms with E-state index in [1.807, 2.05) is 24.3 Å². The number of hydrogen-bond acceptors (Lipinski definition) is 6. The molecule has 1 saturated heterocycles. The molecule has 2 heterocycles. The van der Waals surface area contributed by atoms with Gasteiger partial charge in [-0.05, 0) is 62.8 Å². The molecule has 0 spiro atoms. The van der Waals surface area contributed by atoms with Gasteiger partial charge in [-0.15, -0.1) is 10.2 Å². The fraction of sp³-hybridized carbons (Fsp3) is 0.625. The van der Waals surface area contributed by atoms with Crippen LogP contribution < -0.4 is 4.74 Å². The summed E-state index contributed by atoms with van der Waals surface area (Å²) in [6.07, 6.45) is 7.95. The zero-order valence-electron chi connectivity index (χ0n) is 18.3. The predicted molar refractivity (Wildman–Crippen MR) is 117 cm³/mol. The molecule has 31 heavy (non-hydrogen) atoms. The van der Waals surface area contributed by atoms with Gasteiger partial charge in [-0.1, -0.05) is 6.42 Å². The third-order valence-electron chi connectivity index (χ3n) is 7.17. The van der Waals surface area contributed by atoms with Crippen LogP contribution in [0.15, 0.2) is 28.7 Å². The van der Waals surface area contributed by atoms with Gasteiger partial charge in [0.2, 0.25) is 17.7 Å². The maximum absolute atomic E-state index is 13.0. The van der Waals surface area contributed by atoms with Crippen LogP contribution in [-0.2, 0) is 4.79 Å². The van der Waals surface area contributed by atoms with Crippen LogP contribution in [-0.4, -0.2) is 64.2 Å².